The molecular formula is C21H29N3O3. The van der Waals surface area contributed by atoms with E-state index in [1.807, 2.05) is 39.8 Å². The van der Waals surface area contributed by atoms with Crippen LogP contribution in [0.1, 0.15) is 50.0 Å². The molecular weight excluding hydrogens is 342 g/mol. The molecule has 0 aromatic heterocycles. The van der Waals surface area contributed by atoms with E-state index in [2.05, 4.69) is 10.6 Å². The molecule has 3 amide bonds. The van der Waals surface area contributed by atoms with Gasteiger partial charge >= 0.3 is 0 Å². The summed E-state index contributed by atoms with van der Waals surface area (Å²) in [5.41, 5.74) is 2.41. The summed E-state index contributed by atoms with van der Waals surface area (Å²) < 4.78 is 0. The molecule has 0 saturated carbocycles. The molecule has 2 N–H and O–H groups in total. The van der Waals surface area contributed by atoms with E-state index in [0.717, 1.165) is 11.1 Å². The molecule has 1 saturated heterocycles. The van der Waals surface area contributed by atoms with E-state index < -0.39 is 6.04 Å². The Morgan fingerprint density at radius 1 is 1.26 bits per heavy atom. The smallest absolute Gasteiger partial charge is 0.254 e. The van der Waals surface area contributed by atoms with Gasteiger partial charge in [-0.3, -0.25) is 14.4 Å². The maximum absolute atomic E-state index is 12.9. The summed E-state index contributed by atoms with van der Waals surface area (Å²) in [5, 5.41) is 5.66. The summed E-state index contributed by atoms with van der Waals surface area (Å²) in [6.07, 6.45) is 2.19. The van der Waals surface area contributed by atoms with E-state index in [1.165, 1.54) is 0 Å². The van der Waals surface area contributed by atoms with Gasteiger partial charge in [-0.25, -0.2) is 0 Å². The van der Waals surface area contributed by atoms with Gasteiger partial charge in [0.05, 0.1) is 0 Å². The Hall–Kier alpha value is -2.63. The molecule has 27 heavy (non-hydrogen) atoms. The molecule has 6 nitrogen and oxygen atoms in total. The highest BCUT2D eigenvalue weighted by atomic mass is 16.2. The van der Waals surface area contributed by atoms with Crippen molar-refractivity contribution in [3.05, 3.63) is 47.0 Å². The van der Waals surface area contributed by atoms with Gasteiger partial charge in [-0.1, -0.05) is 31.6 Å². The van der Waals surface area contributed by atoms with Crippen LogP contribution in [0.15, 0.2) is 35.9 Å². The third-order valence-corrected chi connectivity index (χ3v) is 4.37. The van der Waals surface area contributed by atoms with Crippen LogP contribution in [-0.2, 0) is 16.1 Å². The van der Waals surface area contributed by atoms with Gasteiger partial charge in [0.1, 0.15) is 6.04 Å². The number of hydrogen-bond donors (Lipinski definition) is 2. The van der Waals surface area contributed by atoms with Crippen molar-refractivity contribution >= 4 is 17.7 Å². The Morgan fingerprint density at radius 3 is 2.52 bits per heavy atom. The maximum atomic E-state index is 12.9. The number of hydrogen-bond acceptors (Lipinski definition) is 3. The highest BCUT2D eigenvalue weighted by molar-refractivity contribution is 5.98. The lowest BCUT2D eigenvalue weighted by atomic mass is 9.99. The summed E-state index contributed by atoms with van der Waals surface area (Å²) in [5.74, 6) is -0.0236. The van der Waals surface area contributed by atoms with Crippen molar-refractivity contribution in [2.45, 2.75) is 46.7 Å². The number of nitrogens with one attached hydrogen (secondary N) is 2. The van der Waals surface area contributed by atoms with Crippen LogP contribution in [0.4, 0.5) is 0 Å². The highest BCUT2D eigenvalue weighted by Crippen LogP contribution is 2.18. The van der Waals surface area contributed by atoms with Crippen LogP contribution in [0, 0.1) is 5.92 Å². The summed E-state index contributed by atoms with van der Waals surface area (Å²) >= 11 is 0. The number of rotatable bonds is 6. The molecule has 2 rings (SSSR count). The Kier molecular flexibility index (Phi) is 7.16. The number of nitrogens with zero attached hydrogens (tertiary/aromatic N) is 1. The van der Waals surface area contributed by atoms with Gasteiger partial charge in [-0.15, -0.1) is 0 Å². The molecule has 0 aliphatic carbocycles. The second-order valence-electron chi connectivity index (χ2n) is 7.57. The summed E-state index contributed by atoms with van der Waals surface area (Å²) in [6.45, 7) is 9.22. The minimum atomic E-state index is -0.422. The summed E-state index contributed by atoms with van der Waals surface area (Å²) in [4.78, 5) is 38.5. The minimum Gasteiger partial charge on any atom is -0.353 e. The molecule has 1 aliphatic rings. The van der Waals surface area contributed by atoms with Gasteiger partial charge in [0.25, 0.3) is 5.91 Å². The van der Waals surface area contributed by atoms with E-state index >= 15 is 0 Å². The zero-order valence-corrected chi connectivity index (χ0v) is 16.5. The van der Waals surface area contributed by atoms with Crippen molar-refractivity contribution in [1.82, 2.24) is 15.5 Å². The fourth-order valence-electron chi connectivity index (χ4n) is 3.07. The Balaban J connectivity index is 2.04. The molecule has 146 valence electrons. The van der Waals surface area contributed by atoms with Gasteiger partial charge in [0.2, 0.25) is 11.8 Å². The zero-order valence-electron chi connectivity index (χ0n) is 16.5. The van der Waals surface area contributed by atoms with Gasteiger partial charge < -0.3 is 15.5 Å². The predicted molar refractivity (Wildman–Crippen MR) is 105 cm³/mol. The summed E-state index contributed by atoms with van der Waals surface area (Å²) in [6, 6.07) is 6.75. The maximum Gasteiger partial charge on any atom is 0.254 e. The molecule has 0 bridgehead atoms. The third kappa shape index (κ3) is 5.94. The first-order chi connectivity index (χ1) is 12.8. The lowest BCUT2D eigenvalue weighted by molar-refractivity contribution is -0.128. The van der Waals surface area contributed by atoms with Crippen LogP contribution in [0.5, 0.6) is 0 Å². The van der Waals surface area contributed by atoms with E-state index in [0.29, 0.717) is 37.5 Å². The largest absolute Gasteiger partial charge is 0.353 e. The zero-order chi connectivity index (χ0) is 20.0. The number of amides is 3. The fourth-order valence-corrected chi connectivity index (χ4v) is 3.07. The van der Waals surface area contributed by atoms with Crippen LogP contribution in [0.2, 0.25) is 0 Å². The second-order valence-corrected chi connectivity index (χ2v) is 7.57. The SMILES string of the molecule is CC(C)=CC(=O)NCc1ccc(C(=O)N2CCNC(=O)C2CC(C)C)cc1. The molecule has 1 aromatic rings. The molecule has 1 aromatic carbocycles. The van der Waals surface area contributed by atoms with Crippen LogP contribution < -0.4 is 10.6 Å². The Bertz CT molecular complexity index is 719. The molecule has 0 radical (unpaired) electrons. The average molecular weight is 371 g/mol. The topological polar surface area (TPSA) is 78.5 Å². The van der Waals surface area contributed by atoms with Gasteiger partial charge in [-0.05, 0) is 43.9 Å². The number of allylic oxidation sites excluding steroid dienone is 1. The lowest BCUT2D eigenvalue weighted by Gasteiger charge is -2.36. The monoisotopic (exact) mass is 371 g/mol. The van der Waals surface area contributed by atoms with Crippen molar-refractivity contribution in [2.75, 3.05) is 13.1 Å². The lowest BCUT2D eigenvalue weighted by Crippen LogP contribution is -2.57. The van der Waals surface area contributed by atoms with Crippen molar-refractivity contribution in [1.29, 1.82) is 0 Å². The third-order valence-electron chi connectivity index (χ3n) is 4.37. The number of carbonyl (C=O) groups excluding carboxylic acids is 3. The molecule has 0 spiro atoms. The quantitative estimate of drug-likeness (QED) is 0.753. The minimum absolute atomic E-state index is 0.0816. The average Bonchev–Trinajstić information content (AvgIpc) is 2.60. The highest BCUT2D eigenvalue weighted by Gasteiger charge is 2.33. The van der Waals surface area contributed by atoms with Gasteiger partial charge in [0.15, 0.2) is 0 Å². The van der Waals surface area contributed by atoms with Crippen molar-refractivity contribution in [3.8, 4) is 0 Å². The van der Waals surface area contributed by atoms with Crippen LogP contribution >= 0.6 is 0 Å². The normalized spacial score (nSPS) is 16.7. The molecule has 6 heteroatoms. The first-order valence-electron chi connectivity index (χ1n) is 9.38. The van der Waals surface area contributed by atoms with Crippen LogP contribution in [-0.4, -0.2) is 41.8 Å². The van der Waals surface area contributed by atoms with Crippen molar-refractivity contribution < 1.29 is 14.4 Å². The van der Waals surface area contributed by atoms with E-state index in [-0.39, 0.29) is 17.7 Å². The fraction of sp³-hybridized carbons (Fsp3) is 0.476. The second kappa shape index (κ2) is 9.35. The number of piperazine rings is 1. The van der Waals surface area contributed by atoms with Crippen LogP contribution in [0.3, 0.4) is 0 Å². The first kappa shape index (κ1) is 20.7. The number of carbonyl (C=O) groups is 3. The molecule has 1 atom stereocenters. The van der Waals surface area contributed by atoms with Gasteiger partial charge in [0, 0.05) is 31.3 Å². The summed E-state index contributed by atoms with van der Waals surface area (Å²) in [7, 11) is 0. The molecule has 1 fully saturated rings. The molecule has 1 heterocycles. The molecule has 1 aliphatic heterocycles. The van der Waals surface area contributed by atoms with Gasteiger partial charge in [-0.2, -0.15) is 0 Å². The van der Waals surface area contributed by atoms with Crippen LogP contribution in [0.25, 0.3) is 0 Å². The van der Waals surface area contributed by atoms with E-state index in [9.17, 15) is 14.4 Å². The Labute approximate surface area is 161 Å². The first-order valence-corrected chi connectivity index (χ1v) is 9.38. The van der Waals surface area contributed by atoms with E-state index in [1.54, 1.807) is 23.1 Å². The predicted octanol–water partition coefficient (Wildman–Crippen LogP) is 2.26. The standard InChI is InChI=1S/C21H29N3O3/c1-14(2)11-18-20(26)22-9-10-24(18)21(27)17-7-5-16(6-8-17)13-23-19(25)12-15(3)4/h5-8,12,14,18H,9-11,13H2,1-4H3,(H,22,26)(H,23,25). The van der Waals surface area contributed by atoms with Crippen molar-refractivity contribution in [2.24, 2.45) is 5.92 Å². The van der Waals surface area contributed by atoms with E-state index in [4.69, 9.17) is 0 Å². The number of benzene rings is 1. The Morgan fingerprint density at radius 2 is 1.93 bits per heavy atom. The van der Waals surface area contributed by atoms with Crippen molar-refractivity contribution in [3.63, 3.8) is 0 Å². The molecule has 1 unspecified atom stereocenters.